The average molecular weight is 223 g/mol. The number of aliphatic hydroxyl groups excluding tert-OH is 1. The summed E-state index contributed by atoms with van der Waals surface area (Å²) in [5.41, 5.74) is 5.37. The quantitative estimate of drug-likeness (QED) is 0.817. The van der Waals surface area contributed by atoms with Gasteiger partial charge in [-0.05, 0) is 6.07 Å². The van der Waals surface area contributed by atoms with Crippen LogP contribution in [-0.4, -0.2) is 10.1 Å². The molecule has 0 atom stereocenters. The van der Waals surface area contributed by atoms with Crippen molar-refractivity contribution in [3.8, 4) is 0 Å². The van der Waals surface area contributed by atoms with Crippen LogP contribution in [0.2, 0.25) is 5.02 Å². The van der Waals surface area contributed by atoms with Gasteiger partial charge in [-0.1, -0.05) is 11.6 Å². The highest BCUT2D eigenvalue weighted by molar-refractivity contribution is 6.31. The van der Waals surface area contributed by atoms with Gasteiger partial charge < -0.3 is 10.8 Å². The number of hydrogen-bond acceptors (Lipinski definition) is 3. The van der Waals surface area contributed by atoms with Gasteiger partial charge in [-0.25, -0.2) is 8.78 Å². The molecule has 1 heterocycles. The third kappa shape index (κ3) is 2.17. The minimum absolute atomic E-state index is 0.0316. The highest BCUT2D eigenvalue weighted by atomic mass is 35.5. The van der Waals surface area contributed by atoms with E-state index in [9.17, 15) is 8.78 Å². The molecule has 3 nitrogen and oxygen atoms in total. The highest BCUT2D eigenvalue weighted by Gasteiger charge is 2.15. The molecule has 0 unspecified atom stereocenters. The first kappa shape index (κ1) is 11.3. The van der Waals surface area contributed by atoms with Crippen LogP contribution in [0.4, 0.5) is 8.78 Å². The number of nitrogens with two attached hydrogens (primary N) is 1. The lowest BCUT2D eigenvalue weighted by Crippen LogP contribution is -2.08. The van der Waals surface area contributed by atoms with Crippen LogP contribution < -0.4 is 5.73 Å². The van der Waals surface area contributed by atoms with Gasteiger partial charge in [0.05, 0.1) is 12.3 Å². The SMILES string of the molecule is NCc1nc(C(F)F)cc(Cl)c1CO. The van der Waals surface area contributed by atoms with Gasteiger partial charge in [0.15, 0.2) is 0 Å². The van der Waals surface area contributed by atoms with Crippen molar-refractivity contribution in [1.82, 2.24) is 4.98 Å². The topological polar surface area (TPSA) is 59.1 Å². The van der Waals surface area contributed by atoms with E-state index in [-0.39, 0.29) is 23.9 Å². The fourth-order valence-electron chi connectivity index (χ4n) is 1.06. The second kappa shape index (κ2) is 4.63. The summed E-state index contributed by atoms with van der Waals surface area (Å²) in [4.78, 5) is 3.60. The van der Waals surface area contributed by atoms with Crippen LogP contribution in [-0.2, 0) is 13.2 Å². The lowest BCUT2D eigenvalue weighted by atomic mass is 10.2. The first-order chi connectivity index (χ1) is 6.60. The predicted octanol–water partition coefficient (Wildman–Crippen LogP) is 1.62. The number of aromatic nitrogens is 1. The van der Waals surface area contributed by atoms with E-state index >= 15 is 0 Å². The van der Waals surface area contributed by atoms with Gasteiger partial charge in [0.1, 0.15) is 5.69 Å². The van der Waals surface area contributed by atoms with Crippen molar-refractivity contribution in [3.63, 3.8) is 0 Å². The van der Waals surface area contributed by atoms with Gasteiger partial charge in [0.2, 0.25) is 0 Å². The molecule has 0 amide bonds. The van der Waals surface area contributed by atoms with Crippen molar-refractivity contribution in [2.45, 2.75) is 19.6 Å². The second-order valence-corrected chi connectivity index (χ2v) is 3.02. The Bertz CT molecular complexity index is 333. The zero-order valence-electron chi connectivity index (χ0n) is 7.17. The zero-order valence-corrected chi connectivity index (χ0v) is 7.93. The lowest BCUT2D eigenvalue weighted by Gasteiger charge is -2.09. The molecule has 1 aromatic heterocycles. The molecule has 0 bridgehead atoms. The fourth-order valence-corrected chi connectivity index (χ4v) is 1.34. The van der Waals surface area contributed by atoms with E-state index in [0.29, 0.717) is 5.56 Å². The number of halogens is 3. The van der Waals surface area contributed by atoms with Crippen molar-refractivity contribution < 1.29 is 13.9 Å². The number of aliphatic hydroxyl groups is 1. The summed E-state index contributed by atoms with van der Waals surface area (Å²) >= 11 is 5.67. The molecule has 0 radical (unpaired) electrons. The van der Waals surface area contributed by atoms with Crippen LogP contribution in [0.15, 0.2) is 6.07 Å². The van der Waals surface area contributed by atoms with Gasteiger partial charge in [-0.15, -0.1) is 0 Å². The number of alkyl halides is 2. The molecule has 0 saturated heterocycles. The van der Waals surface area contributed by atoms with Gasteiger partial charge in [0, 0.05) is 17.1 Å². The van der Waals surface area contributed by atoms with E-state index in [4.69, 9.17) is 22.4 Å². The van der Waals surface area contributed by atoms with Crippen LogP contribution in [0, 0.1) is 0 Å². The van der Waals surface area contributed by atoms with Gasteiger partial charge in [-0.3, -0.25) is 4.98 Å². The fraction of sp³-hybridized carbons (Fsp3) is 0.375. The summed E-state index contributed by atoms with van der Waals surface area (Å²) in [5.74, 6) is 0. The molecule has 0 saturated carbocycles. The Hall–Kier alpha value is -0.780. The average Bonchev–Trinajstić information content (AvgIpc) is 2.16. The highest BCUT2D eigenvalue weighted by Crippen LogP contribution is 2.25. The first-order valence-electron chi connectivity index (χ1n) is 3.87. The van der Waals surface area contributed by atoms with E-state index in [1.807, 2.05) is 0 Å². The molecule has 0 fully saturated rings. The summed E-state index contributed by atoms with van der Waals surface area (Å²) < 4.78 is 24.5. The maximum atomic E-state index is 12.3. The van der Waals surface area contributed by atoms with Crippen LogP contribution in [0.25, 0.3) is 0 Å². The van der Waals surface area contributed by atoms with Crippen molar-refractivity contribution in [3.05, 3.63) is 28.0 Å². The minimum Gasteiger partial charge on any atom is -0.392 e. The lowest BCUT2D eigenvalue weighted by molar-refractivity contribution is 0.145. The van der Waals surface area contributed by atoms with E-state index in [0.717, 1.165) is 6.07 Å². The Morgan fingerprint density at radius 1 is 1.57 bits per heavy atom. The maximum Gasteiger partial charge on any atom is 0.280 e. The first-order valence-corrected chi connectivity index (χ1v) is 4.25. The number of nitrogens with zero attached hydrogens (tertiary/aromatic N) is 1. The smallest absolute Gasteiger partial charge is 0.280 e. The molecule has 0 spiro atoms. The molecule has 1 rings (SSSR count). The van der Waals surface area contributed by atoms with Crippen LogP contribution in [0.3, 0.4) is 0 Å². The Morgan fingerprint density at radius 2 is 2.21 bits per heavy atom. The number of rotatable bonds is 3. The normalized spacial score (nSPS) is 11.0. The summed E-state index contributed by atoms with van der Waals surface area (Å²) in [6.07, 6.45) is -2.69. The zero-order chi connectivity index (χ0) is 10.7. The molecule has 0 aromatic carbocycles. The molecule has 14 heavy (non-hydrogen) atoms. The van der Waals surface area contributed by atoms with Gasteiger partial charge >= 0.3 is 0 Å². The molecule has 1 aromatic rings. The Morgan fingerprint density at radius 3 is 2.64 bits per heavy atom. The van der Waals surface area contributed by atoms with Gasteiger partial charge in [0.25, 0.3) is 6.43 Å². The van der Waals surface area contributed by atoms with Crippen LogP contribution in [0.5, 0.6) is 0 Å². The van der Waals surface area contributed by atoms with Crippen LogP contribution >= 0.6 is 11.6 Å². The van der Waals surface area contributed by atoms with E-state index < -0.39 is 12.1 Å². The molecule has 6 heteroatoms. The Kier molecular flexibility index (Phi) is 3.74. The third-order valence-corrected chi connectivity index (χ3v) is 2.09. The van der Waals surface area contributed by atoms with E-state index in [1.165, 1.54) is 0 Å². The second-order valence-electron chi connectivity index (χ2n) is 2.62. The van der Waals surface area contributed by atoms with Crippen LogP contribution in [0.1, 0.15) is 23.4 Å². The molecular weight excluding hydrogens is 214 g/mol. The molecule has 0 aliphatic carbocycles. The summed E-state index contributed by atoms with van der Waals surface area (Å²) in [6, 6.07) is 1.04. The summed E-state index contributed by atoms with van der Waals surface area (Å²) in [5, 5.41) is 8.96. The third-order valence-electron chi connectivity index (χ3n) is 1.75. The Labute approximate surface area is 84.5 Å². The largest absolute Gasteiger partial charge is 0.392 e. The monoisotopic (exact) mass is 222 g/mol. The van der Waals surface area contributed by atoms with Crippen molar-refractivity contribution in [1.29, 1.82) is 0 Å². The maximum absolute atomic E-state index is 12.3. The van der Waals surface area contributed by atoms with E-state index in [1.54, 1.807) is 0 Å². The molecule has 0 aliphatic heterocycles. The van der Waals surface area contributed by atoms with Crippen molar-refractivity contribution in [2.24, 2.45) is 5.73 Å². The number of pyridine rings is 1. The molecular formula is C8H9ClF2N2O. The van der Waals surface area contributed by atoms with E-state index in [2.05, 4.69) is 4.98 Å². The molecule has 3 N–H and O–H groups in total. The van der Waals surface area contributed by atoms with Crippen molar-refractivity contribution in [2.75, 3.05) is 0 Å². The summed E-state index contributed by atoms with van der Waals surface area (Å²) in [6.45, 7) is -0.391. The molecule has 0 aliphatic rings. The number of hydrogen-bond donors (Lipinski definition) is 2. The molecule has 78 valence electrons. The predicted molar refractivity (Wildman–Crippen MR) is 48.0 cm³/mol. The Balaban J connectivity index is 3.24. The minimum atomic E-state index is -2.69. The van der Waals surface area contributed by atoms with Crippen molar-refractivity contribution >= 4 is 11.6 Å². The standard InChI is InChI=1S/C8H9ClF2N2O/c9-5-1-6(8(10)11)13-7(2-12)4(5)3-14/h1,8,14H,2-3,12H2. The van der Waals surface area contributed by atoms with Gasteiger partial charge in [-0.2, -0.15) is 0 Å². The summed E-state index contributed by atoms with van der Waals surface area (Å²) in [7, 11) is 0.